The van der Waals surface area contributed by atoms with Crippen molar-refractivity contribution in [3.63, 3.8) is 0 Å². The molecule has 0 bridgehead atoms. The molecule has 10 heteroatoms. The van der Waals surface area contributed by atoms with Gasteiger partial charge in [0.2, 0.25) is 0 Å². The molecule has 0 atom stereocenters. The minimum absolute atomic E-state index is 0.281. The number of amides is 1. The number of carboxylic acid groups (broad SMARTS) is 1. The topological polar surface area (TPSA) is 136 Å². The summed E-state index contributed by atoms with van der Waals surface area (Å²) in [6.07, 6.45) is 2.10. The van der Waals surface area contributed by atoms with Crippen LogP contribution in [-0.2, 0) is 36.6 Å². The average molecular weight is 516 g/mol. The second kappa shape index (κ2) is 15.6. The molecule has 0 unspecified atom stereocenters. The number of ether oxygens (including phenoxy) is 3. The molecule has 37 heavy (non-hydrogen) atoms. The standard InChI is InChI=1S/C27H37N3O7/c1-27(2,3)37-26(34)24(31)29-14-5-16-35-18-19-36-17-15-28-23-7-4-6-22(30-23)13-10-20-8-11-21(12-9-20)25(32)33/h4,6-9,11-12H,5,10,13-19H2,1-3H3,(H,28,30)(H,29,31)(H,32,33). The van der Waals surface area contributed by atoms with Gasteiger partial charge < -0.3 is 30.0 Å². The van der Waals surface area contributed by atoms with Crippen LogP contribution in [0.25, 0.3) is 0 Å². The predicted molar refractivity (Wildman–Crippen MR) is 139 cm³/mol. The summed E-state index contributed by atoms with van der Waals surface area (Å²) >= 11 is 0. The SMILES string of the molecule is CC(C)(C)OC(=O)C(=O)NCCCOCCOCCNc1cccc(CCc2ccc(C(=O)O)cc2)n1. The number of hydrogen-bond donors (Lipinski definition) is 3. The summed E-state index contributed by atoms with van der Waals surface area (Å²) in [5.74, 6) is -1.80. The Morgan fingerprint density at radius 2 is 1.59 bits per heavy atom. The summed E-state index contributed by atoms with van der Waals surface area (Å²) in [4.78, 5) is 38.7. The Balaban J connectivity index is 1.50. The predicted octanol–water partition coefficient (Wildman–Crippen LogP) is 2.86. The molecule has 1 heterocycles. The molecule has 202 valence electrons. The van der Waals surface area contributed by atoms with E-state index in [1.807, 2.05) is 30.3 Å². The molecule has 0 radical (unpaired) electrons. The second-order valence-corrected chi connectivity index (χ2v) is 9.28. The van der Waals surface area contributed by atoms with Crippen molar-refractivity contribution in [2.75, 3.05) is 44.8 Å². The van der Waals surface area contributed by atoms with Crippen LogP contribution in [0.1, 0.15) is 48.8 Å². The molecule has 0 aliphatic rings. The number of nitrogens with one attached hydrogen (secondary N) is 2. The Kier molecular flexibility index (Phi) is 12.5. The van der Waals surface area contributed by atoms with E-state index in [-0.39, 0.29) is 5.56 Å². The fourth-order valence-corrected chi connectivity index (χ4v) is 3.15. The molecule has 1 aromatic carbocycles. The normalized spacial score (nSPS) is 11.1. The maximum absolute atomic E-state index is 11.6. The molecule has 10 nitrogen and oxygen atoms in total. The van der Waals surface area contributed by atoms with Crippen molar-refractivity contribution in [1.82, 2.24) is 10.3 Å². The smallest absolute Gasteiger partial charge is 0.397 e. The Morgan fingerprint density at radius 1 is 0.892 bits per heavy atom. The first-order valence-corrected chi connectivity index (χ1v) is 12.3. The molecule has 0 fully saturated rings. The summed E-state index contributed by atoms with van der Waals surface area (Å²) in [5.41, 5.74) is 1.59. The van der Waals surface area contributed by atoms with E-state index in [0.29, 0.717) is 45.9 Å². The highest BCUT2D eigenvalue weighted by Gasteiger charge is 2.22. The summed E-state index contributed by atoms with van der Waals surface area (Å²) in [7, 11) is 0. The zero-order valence-electron chi connectivity index (χ0n) is 21.7. The lowest BCUT2D eigenvalue weighted by Gasteiger charge is -2.18. The molecule has 0 spiro atoms. The molecule has 2 rings (SSSR count). The first kappa shape index (κ1) is 29.7. The molecule has 3 N–H and O–H groups in total. The maximum Gasteiger partial charge on any atom is 0.397 e. The van der Waals surface area contributed by atoms with Gasteiger partial charge in [-0.1, -0.05) is 18.2 Å². The van der Waals surface area contributed by atoms with Gasteiger partial charge in [-0.15, -0.1) is 0 Å². The molecule has 0 aliphatic heterocycles. The van der Waals surface area contributed by atoms with E-state index in [2.05, 4.69) is 15.6 Å². The van der Waals surface area contributed by atoms with Crippen molar-refractivity contribution in [3.05, 3.63) is 59.3 Å². The van der Waals surface area contributed by atoms with Crippen LogP contribution in [0.4, 0.5) is 5.82 Å². The lowest BCUT2D eigenvalue weighted by molar-refractivity contribution is -0.163. The number of carbonyl (C=O) groups excluding carboxylic acids is 2. The van der Waals surface area contributed by atoms with Crippen molar-refractivity contribution in [1.29, 1.82) is 0 Å². The quantitative estimate of drug-likeness (QED) is 0.186. The van der Waals surface area contributed by atoms with Gasteiger partial charge in [-0.25, -0.2) is 14.6 Å². The molecular weight excluding hydrogens is 478 g/mol. The summed E-state index contributed by atoms with van der Waals surface area (Å²) in [6, 6.07) is 12.7. The van der Waals surface area contributed by atoms with Crippen LogP contribution in [0, 0.1) is 0 Å². The summed E-state index contributed by atoms with van der Waals surface area (Å²) in [6.45, 7) is 7.85. The monoisotopic (exact) mass is 515 g/mol. The van der Waals surface area contributed by atoms with Crippen molar-refractivity contribution in [3.8, 4) is 0 Å². The summed E-state index contributed by atoms with van der Waals surface area (Å²) in [5, 5.41) is 14.7. The molecule has 0 aliphatic carbocycles. The number of carbonyl (C=O) groups is 3. The number of benzene rings is 1. The Morgan fingerprint density at radius 3 is 2.27 bits per heavy atom. The fourth-order valence-electron chi connectivity index (χ4n) is 3.15. The molecule has 1 aromatic heterocycles. The van der Waals surface area contributed by atoms with E-state index in [1.165, 1.54) is 0 Å². The van der Waals surface area contributed by atoms with Gasteiger partial charge in [0.1, 0.15) is 11.4 Å². The van der Waals surface area contributed by atoms with Crippen LogP contribution < -0.4 is 10.6 Å². The highest BCUT2D eigenvalue weighted by molar-refractivity contribution is 6.32. The fraction of sp³-hybridized carbons (Fsp3) is 0.481. The number of aromatic carboxylic acids is 1. The number of carboxylic acids is 1. The van der Waals surface area contributed by atoms with Crippen molar-refractivity contribution in [2.24, 2.45) is 0 Å². The molecule has 2 aromatic rings. The number of hydrogen-bond acceptors (Lipinski definition) is 8. The second-order valence-electron chi connectivity index (χ2n) is 9.28. The van der Waals surface area contributed by atoms with E-state index in [0.717, 1.165) is 29.9 Å². The minimum atomic E-state index is -0.927. The minimum Gasteiger partial charge on any atom is -0.478 e. The largest absolute Gasteiger partial charge is 0.478 e. The highest BCUT2D eigenvalue weighted by atomic mass is 16.6. The number of nitrogens with zero attached hydrogens (tertiary/aromatic N) is 1. The van der Waals surface area contributed by atoms with Crippen molar-refractivity contribution >= 4 is 23.7 Å². The highest BCUT2D eigenvalue weighted by Crippen LogP contribution is 2.11. The number of rotatable bonds is 15. The van der Waals surface area contributed by atoms with Crippen LogP contribution in [0.5, 0.6) is 0 Å². The van der Waals surface area contributed by atoms with Crippen LogP contribution in [-0.4, -0.2) is 73.1 Å². The van der Waals surface area contributed by atoms with E-state index in [9.17, 15) is 14.4 Å². The van der Waals surface area contributed by atoms with Crippen LogP contribution in [0.2, 0.25) is 0 Å². The van der Waals surface area contributed by atoms with Crippen molar-refractivity contribution in [2.45, 2.75) is 45.6 Å². The third-order valence-corrected chi connectivity index (χ3v) is 4.94. The van der Waals surface area contributed by atoms with Gasteiger partial charge in [-0.2, -0.15) is 0 Å². The average Bonchev–Trinajstić information content (AvgIpc) is 2.85. The van der Waals surface area contributed by atoms with Crippen LogP contribution in [0.3, 0.4) is 0 Å². The maximum atomic E-state index is 11.6. The van der Waals surface area contributed by atoms with Crippen molar-refractivity contribution < 1.29 is 33.7 Å². The molecule has 0 saturated heterocycles. The molecular formula is C27H37N3O7. The Hall–Kier alpha value is -3.50. The van der Waals surface area contributed by atoms with E-state index < -0.39 is 23.4 Å². The Labute approximate surface area is 217 Å². The lowest BCUT2D eigenvalue weighted by atomic mass is 10.1. The lowest BCUT2D eigenvalue weighted by Crippen LogP contribution is -2.37. The van der Waals surface area contributed by atoms with E-state index in [1.54, 1.807) is 32.9 Å². The van der Waals surface area contributed by atoms with Crippen LogP contribution in [0.15, 0.2) is 42.5 Å². The van der Waals surface area contributed by atoms with Gasteiger partial charge in [0.05, 0.1) is 25.4 Å². The third-order valence-electron chi connectivity index (χ3n) is 4.94. The first-order chi connectivity index (χ1) is 17.6. The van der Waals surface area contributed by atoms with Crippen LogP contribution >= 0.6 is 0 Å². The van der Waals surface area contributed by atoms with Gasteiger partial charge in [0, 0.05) is 25.4 Å². The number of aryl methyl sites for hydroxylation is 2. The van der Waals surface area contributed by atoms with E-state index >= 15 is 0 Å². The third kappa shape index (κ3) is 12.9. The van der Waals surface area contributed by atoms with Gasteiger partial charge in [-0.05, 0) is 69.9 Å². The summed E-state index contributed by atoms with van der Waals surface area (Å²) < 4.78 is 16.0. The zero-order chi connectivity index (χ0) is 27.1. The first-order valence-electron chi connectivity index (χ1n) is 12.3. The number of esters is 1. The molecule has 0 saturated carbocycles. The van der Waals surface area contributed by atoms with Gasteiger partial charge in [-0.3, -0.25) is 4.79 Å². The number of pyridine rings is 1. The van der Waals surface area contributed by atoms with Gasteiger partial charge >= 0.3 is 17.8 Å². The van der Waals surface area contributed by atoms with E-state index in [4.69, 9.17) is 19.3 Å². The number of anilines is 1. The zero-order valence-corrected chi connectivity index (χ0v) is 21.7. The van der Waals surface area contributed by atoms with Gasteiger partial charge in [0.15, 0.2) is 0 Å². The molecule has 1 amide bonds. The van der Waals surface area contributed by atoms with Gasteiger partial charge in [0.25, 0.3) is 0 Å². The number of aromatic nitrogens is 1. The Bertz CT molecular complexity index is 1000.